The van der Waals surface area contributed by atoms with Gasteiger partial charge in [-0.05, 0) is 18.3 Å². The van der Waals surface area contributed by atoms with E-state index in [1.165, 1.54) is 0 Å². The van der Waals surface area contributed by atoms with Gasteiger partial charge in [-0.15, -0.1) is 0 Å². The molecule has 0 aliphatic heterocycles. The predicted molar refractivity (Wildman–Crippen MR) is 73.1 cm³/mol. The lowest BCUT2D eigenvalue weighted by atomic mass is 10.0. The standard InChI is InChI=1S/C13H26N2O4/c1-9(2)7-11(12(16)17)15-13(18)14-5-6-19-8-10(3)4/h9-11H,5-8H2,1-4H3,(H,16,17)(H2,14,15,18)/t11-/m1/s1. The summed E-state index contributed by atoms with van der Waals surface area (Å²) >= 11 is 0. The second-order valence-corrected chi connectivity index (χ2v) is 5.39. The minimum atomic E-state index is -1.01. The first-order valence-corrected chi connectivity index (χ1v) is 6.67. The molecule has 0 bridgehead atoms. The maximum Gasteiger partial charge on any atom is 0.326 e. The lowest BCUT2D eigenvalue weighted by Gasteiger charge is -2.17. The van der Waals surface area contributed by atoms with E-state index in [1.807, 2.05) is 27.7 Å². The van der Waals surface area contributed by atoms with E-state index in [9.17, 15) is 9.59 Å². The first-order valence-electron chi connectivity index (χ1n) is 6.67. The van der Waals surface area contributed by atoms with Gasteiger partial charge in [0.25, 0.3) is 0 Å². The Labute approximate surface area is 114 Å². The molecule has 19 heavy (non-hydrogen) atoms. The molecule has 3 N–H and O–H groups in total. The molecule has 0 aromatic carbocycles. The van der Waals surface area contributed by atoms with Crippen LogP contribution in [0.15, 0.2) is 0 Å². The third-order valence-electron chi connectivity index (χ3n) is 2.29. The van der Waals surface area contributed by atoms with Gasteiger partial charge >= 0.3 is 12.0 Å². The Morgan fingerprint density at radius 2 is 1.79 bits per heavy atom. The highest BCUT2D eigenvalue weighted by Crippen LogP contribution is 2.04. The zero-order valence-electron chi connectivity index (χ0n) is 12.2. The third-order valence-corrected chi connectivity index (χ3v) is 2.29. The zero-order chi connectivity index (χ0) is 14.8. The van der Waals surface area contributed by atoms with Crippen LogP contribution in [0.1, 0.15) is 34.1 Å². The van der Waals surface area contributed by atoms with Crippen molar-refractivity contribution >= 4 is 12.0 Å². The molecule has 6 heteroatoms. The summed E-state index contributed by atoms with van der Waals surface area (Å²) in [6.07, 6.45) is 0.409. The van der Waals surface area contributed by atoms with Crippen molar-refractivity contribution in [3.8, 4) is 0 Å². The van der Waals surface area contributed by atoms with Crippen molar-refractivity contribution in [2.75, 3.05) is 19.8 Å². The Kier molecular flexibility index (Phi) is 8.95. The molecule has 0 heterocycles. The number of hydrogen-bond donors (Lipinski definition) is 3. The van der Waals surface area contributed by atoms with Crippen molar-refractivity contribution in [1.29, 1.82) is 0 Å². The topological polar surface area (TPSA) is 87.7 Å². The molecule has 0 saturated carbocycles. The highest BCUT2D eigenvalue weighted by atomic mass is 16.5. The van der Waals surface area contributed by atoms with Gasteiger partial charge in [0, 0.05) is 13.2 Å². The van der Waals surface area contributed by atoms with E-state index in [0.717, 1.165) is 0 Å². The molecule has 112 valence electrons. The number of carbonyl (C=O) groups excluding carboxylic acids is 1. The Morgan fingerprint density at radius 1 is 1.16 bits per heavy atom. The number of carboxylic acids is 1. The monoisotopic (exact) mass is 274 g/mol. The number of carboxylic acid groups (broad SMARTS) is 1. The minimum Gasteiger partial charge on any atom is -0.480 e. The van der Waals surface area contributed by atoms with Gasteiger partial charge in [-0.3, -0.25) is 0 Å². The summed E-state index contributed by atoms with van der Waals surface area (Å²) < 4.78 is 5.30. The average molecular weight is 274 g/mol. The van der Waals surface area contributed by atoms with Crippen molar-refractivity contribution in [2.24, 2.45) is 11.8 Å². The van der Waals surface area contributed by atoms with Gasteiger partial charge < -0.3 is 20.5 Å². The van der Waals surface area contributed by atoms with Crippen molar-refractivity contribution in [1.82, 2.24) is 10.6 Å². The first kappa shape index (κ1) is 17.7. The van der Waals surface area contributed by atoms with Crippen LogP contribution in [0.4, 0.5) is 4.79 Å². The molecule has 1 atom stereocenters. The summed E-state index contributed by atoms with van der Waals surface area (Å²) in [6, 6.07) is -1.32. The quantitative estimate of drug-likeness (QED) is 0.555. The molecule has 0 rings (SSSR count). The van der Waals surface area contributed by atoms with E-state index in [0.29, 0.717) is 32.1 Å². The van der Waals surface area contributed by atoms with Gasteiger partial charge in [0.2, 0.25) is 0 Å². The Balaban J connectivity index is 3.84. The number of hydrogen-bond acceptors (Lipinski definition) is 3. The van der Waals surface area contributed by atoms with Gasteiger partial charge in [0.05, 0.1) is 6.61 Å². The number of carbonyl (C=O) groups is 2. The lowest BCUT2D eigenvalue weighted by molar-refractivity contribution is -0.139. The van der Waals surface area contributed by atoms with Crippen LogP contribution in [-0.4, -0.2) is 42.9 Å². The van der Waals surface area contributed by atoms with Crippen LogP contribution in [-0.2, 0) is 9.53 Å². The summed E-state index contributed by atoms with van der Waals surface area (Å²) in [6.45, 7) is 9.35. The molecular weight excluding hydrogens is 248 g/mol. The summed E-state index contributed by atoms with van der Waals surface area (Å²) in [5.74, 6) is -0.355. The van der Waals surface area contributed by atoms with E-state index in [2.05, 4.69) is 10.6 Å². The van der Waals surface area contributed by atoms with Gasteiger partial charge in [0.15, 0.2) is 0 Å². The number of urea groups is 1. The Hall–Kier alpha value is -1.30. The molecule has 0 radical (unpaired) electrons. The third kappa shape index (κ3) is 10.3. The smallest absolute Gasteiger partial charge is 0.326 e. The molecule has 0 aromatic rings. The minimum absolute atomic E-state index is 0.204. The van der Waals surface area contributed by atoms with Crippen LogP contribution in [0.2, 0.25) is 0 Å². The van der Waals surface area contributed by atoms with E-state index in [-0.39, 0.29) is 5.92 Å². The molecule has 6 nitrogen and oxygen atoms in total. The SMILES string of the molecule is CC(C)COCCNC(=O)N[C@H](CC(C)C)C(=O)O. The van der Waals surface area contributed by atoms with Crippen molar-refractivity contribution in [2.45, 2.75) is 40.2 Å². The van der Waals surface area contributed by atoms with Gasteiger partial charge in [-0.1, -0.05) is 27.7 Å². The van der Waals surface area contributed by atoms with Crippen molar-refractivity contribution in [3.63, 3.8) is 0 Å². The molecule has 2 amide bonds. The summed E-state index contributed by atoms with van der Waals surface area (Å²) in [5, 5.41) is 14.0. The molecular formula is C13H26N2O4. The molecule has 0 fully saturated rings. The highest BCUT2D eigenvalue weighted by Gasteiger charge is 2.20. The molecule has 0 aromatic heterocycles. The zero-order valence-corrected chi connectivity index (χ0v) is 12.2. The summed E-state index contributed by atoms with van der Waals surface area (Å²) in [5.41, 5.74) is 0. The average Bonchev–Trinajstić information content (AvgIpc) is 2.26. The number of nitrogens with one attached hydrogen (secondary N) is 2. The number of aliphatic carboxylic acids is 1. The second kappa shape index (κ2) is 9.61. The number of rotatable bonds is 9. The van der Waals surface area contributed by atoms with Crippen molar-refractivity contribution < 1.29 is 19.4 Å². The van der Waals surface area contributed by atoms with Gasteiger partial charge in [-0.2, -0.15) is 0 Å². The summed E-state index contributed by atoms with van der Waals surface area (Å²) in [4.78, 5) is 22.4. The van der Waals surface area contributed by atoms with Crippen LogP contribution < -0.4 is 10.6 Å². The van der Waals surface area contributed by atoms with E-state index < -0.39 is 18.0 Å². The highest BCUT2D eigenvalue weighted by molar-refractivity contribution is 5.82. The fourth-order valence-corrected chi connectivity index (χ4v) is 1.46. The van der Waals surface area contributed by atoms with E-state index in [1.54, 1.807) is 0 Å². The fraction of sp³-hybridized carbons (Fsp3) is 0.846. The van der Waals surface area contributed by atoms with Crippen LogP contribution in [0.3, 0.4) is 0 Å². The van der Waals surface area contributed by atoms with E-state index in [4.69, 9.17) is 9.84 Å². The van der Waals surface area contributed by atoms with Crippen LogP contribution in [0.25, 0.3) is 0 Å². The van der Waals surface area contributed by atoms with Gasteiger partial charge in [0.1, 0.15) is 6.04 Å². The molecule has 0 saturated heterocycles. The predicted octanol–water partition coefficient (Wildman–Crippen LogP) is 1.46. The van der Waals surface area contributed by atoms with Crippen LogP contribution in [0, 0.1) is 11.8 Å². The second-order valence-electron chi connectivity index (χ2n) is 5.39. The maximum absolute atomic E-state index is 11.5. The molecule has 0 unspecified atom stereocenters. The Morgan fingerprint density at radius 3 is 2.26 bits per heavy atom. The Bertz CT molecular complexity index is 280. The summed E-state index contributed by atoms with van der Waals surface area (Å²) in [7, 11) is 0. The fourth-order valence-electron chi connectivity index (χ4n) is 1.46. The molecule has 0 aliphatic rings. The molecule has 0 spiro atoms. The van der Waals surface area contributed by atoms with Crippen LogP contribution in [0.5, 0.6) is 0 Å². The number of amides is 2. The maximum atomic E-state index is 11.5. The molecule has 0 aliphatic carbocycles. The van der Waals surface area contributed by atoms with Gasteiger partial charge in [-0.25, -0.2) is 9.59 Å². The normalized spacial score (nSPS) is 12.5. The first-order chi connectivity index (χ1) is 8.82. The van der Waals surface area contributed by atoms with E-state index >= 15 is 0 Å². The lowest BCUT2D eigenvalue weighted by Crippen LogP contribution is -2.47. The van der Waals surface area contributed by atoms with Crippen molar-refractivity contribution in [3.05, 3.63) is 0 Å². The van der Waals surface area contributed by atoms with Crippen LogP contribution >= 0.6 is 0 Å². The number of ether oxygens (including phenoxy) is 1. The largest absolute Gasteiger partial charge is 0.480 e.